The number of likely N-dealkylation sites (N-methyl/N-ethyl adjacent to an activating group) is 1. The fraction of sp³-hybridized carbons (Fsp3) is 0.526. The second-order valence-corrected chi connectivity index (χ2v) is 6.07. The van der Waals surface area contributed by atoms with Gasteiger partial charge < -0.3 is 19.3 Å². The van der Waals surface area contributed by atoms with Gasteiger partial charge in [-0.3, -0.25) is 4.79 Å². The molecule has 1 aliphatic heterocycles. The van der Waals surface area contributed by atoms with Crippen LogP contribution in [0.5, 0.6) is 11.5 Å². The molecule has 0 aliphatic carbocycles. The minimum absolute atomic E-state index is 0.0605. The number of hydrogen-bond acceptors (Lipinski definition) is 4. The van der Waals surface area contributed by atoms with Crippen LogP contribution in [0.25, 0.3) is 6.08 Å². The topological polar surface area (TPSA) is 42.0 Å². The van der Waals surface area contributed by atoms with Crippen LogP contribution in [0, 0.1) is 0 Å². The van der Waals surface area contributed by atoms with Crippen molar-refractivity contribution in [2.45, 2.75) is 19.8 Å². The molecule has 0 saturated carbocycles. The summed E-state index contributed by atoms with van der Waals surface area (Å²) in [5.41, 5.74) is 0.928. The van der Waals surface area contributed by atoms with E-state index in [0.717, 1.165) is 50.3 Å². The molecule has 2 rings (SSSR count). The maximum absolute atomic E-state index is 12.2. The average molecular weight is 332 g/mol. The normalized spacial score (nSPS) is 15.7. The summed E-state index contributed by atoms with van der Waals surface area (Å²) in [7, 11) is 3.71. The third-order valence-corrected chi connectivity index (χ3v) is 4.18. The number of hydrogen-bond donors (Lipinski definition) is 0. The van der Waals surface area contributed by atoms with Gasteiger partial charge in [-0.05, 0) is 37.2 Å². The van der Waals surface area contributed by atoms with Gasteiger partial charge in [0.25, 0.3) is 0 Å². The Bertz CT molecular complexity index is 564. The van der Waals surface area contributed by atoms with E-state index in [0.29, 0.717) is 12.4 Å². The maximum Gasteiger partial charge on any atom is 0.246 e. The number of methoxy groups -OCH3 is 1. The zero-order valence-electron chi connectivity index (χ0n) is 15.0. The van der Waals surface area contributed by atoms with Gasteiger partial charge in [0, 0.05) is 32.3 Å². The molecule has 1 aromatic carbocycles. The minimum Gasteiger partial charge on any atom is -0.493 e. The standard InChI is InChI=1S/C19H28N2O3/c1-4-5-14-24-17-8-6-16(15-18(17)23-3)7-9-19(22)21-12-10-20(2)11-13-21/h6-9,15H,4-5,10-14H2,1-3H3. The van der Waals surface area contributed by atoms with Crippen molar-refractivity contribution < 1.29 is 14.3 Å². The van der Waals surface area contributed by atoms with E-state index in [2.05, 4.69) is 18.9 Å². The summed E-state index contributed by atoms with van der Waals surface area (Å²) in [6.07, 6.45) is 5.58. The highest BCUT2D eigenvalue weighted by atomic mass is 16.5. The van der Waals surface area contributed by atoms with Gasteiger partial charge in [0.05, 0.1) is 13.7 Å². The summed E-state index contributed by atoms with van der Waals surface area (Å²) < 4.78 is 11.1. The highest BCUT2D eigenvalue weighted by molar-refractivity contribution is 5.92. The van der Waals surface area contributed by atoms with Gasteiger partial charge in [0.1, 0.15) is 0 Å². The first-order chi connectivity index (χ1) is 11.6. The molecule has 1 saturated heterocycles. The van der Waals surface area contributed by atoms with Crippen molar-refractivity contribution in [3.05, 3.63) is 29.8 Å². The largest absolute Gasteiger partial charge is 0.493 e. The lowest BCUT2D eigenvalue weighted by Gasteiger charge is -2.31. The summed E-state index contributed by atoms with van der Waals surface area (Å²) in [6, 6.07) is 5.74. The van der Waals surface area contributed by atoms with E-state index in [4.69, 9.17) is 9.47 Å². The second-order valence-electron chi connectivity index (χ2n) is 6.07. The number of unbranched alkanes of at least 4 members (excludes halogenated alkanes) is 1. The van der Waals surface area contributed by atoms with E-state index in [1.54, 1.807) is 13.2 Å². The monoisotopic (exact) mass is 332 g/mol. The second kappa shape index (κ2) is 9.33. The summed E-state index contributed by atoms with van der Waals surface area (Å²) in [4.78, 5) is 16.4. The van der Waals surface area contributed by atoms with Crippen LogP contribution in [0.4, 0.5) is 0 Å². The van der Waals surface area contributed by atoms with Gasteiger partial charge in [0.2, 0.25) is 5.91 Å². The van der Waals surface area contributed by atoms with E-state index in [1.165, 1.54) is 0 Å². The van der Waals surface area contributed by atoms with Crippen molar-refractivity contribution >= 4 is 12.0 Å². The smallest absolute Gasteiger partial charge is 0.246 e. The highest BCUT2D eigenvalue weighted by Gasteiger charge is 2.16. The first kappa shape index (κ1) is 18.3. The maximum atomic E-state index is 12.2. The van der Waals surface area contributed by atoms with Crippen molar-refractivity contribution in [2.24, 2.45) is 0 Å². The van der Waals surface area contributed by atoms with Crippen LogP contribution in [0.3, 0.4) is 0 Å². The van der Waals surface area contributed by atoms with E-state index in [1.807, 2.05) is 29.2 Å². The fourth-order valence-corrected chi connectivity index (χ4v) is 2.53. The Balaban J connectivity index is 1.97. The number of nitrogens with zero attached hydrogens (tertiary/aromatic N) is 2. The van der Waals surface area contributed by atoms with Gasteiger partial charge in [-0.15, -0.1) is 0 Å². The van der Waals surface area contributed by atoms with Crippen LogP contribution < -0.4 is 9.47 Å². The Morgan fingerprint density at radius 2 is 1.96 bits per heavy atom. The molecule has 0 radical (unpaired) electrons. The van der Waals surface area contributed by atoms with Crippen LogP contribution >= 0.6 is 0 Å². The number of amides is 1. The lowest BCUT2D eigenvalue weighted by molar-refractivity contribution is -0.127. The third-order valence-electron chi connectivity index (χ3n) is 4.18. The van der Waals surface area contributed by atoms with Crippen molar-refractivity contribution in [3.63, 3.8) is 0 Å². The van der Waals surface area contributed by atoms with E-state index in [-0.39, 0.29) is 5.91 Å². The number of rotatable bonds is 7. The first-order valence-corrected chi connectivity index (χ1v) is 8.60. The lowest BCUT2D eigenvalue weighted by Crippen LogP contribution is -2.46. The summed E-state index contributed by atoms with van der Waals surface area (Å²) in [6.45, 7) is 6.24. The van der Waals surface area contributed by atoms with Crippen LogP contribution in [-0.2, 0) is 4.79 Å². The van der Waals surface area contributed by atoms with Crippen molar-refractivity contribution in [2.75, 3.05) is 46.9 Å². The Morgan fingerprint density at radius 1 is 1.21 bits per heavy atom. The molecule has 0 N–H and O–H groups in total. The predicted molar refractivity (Wildman–Crippen MR) is 96.5 cm³/mol. The van der Waals surface area contributed by atoms with Gasteiger partial charge in [0.15, 0.2) is 11.5 Å². The van der Waals surface area contributed by atoms with Gasteiger partial charge >= 0.3 is 0 Å². The molecule has 0 bridgehead atoms. The molecule has 132 valence electrons. The zero-order chi connectivity index (χ0) is 17.4. The number of piperazine rings is 1. The molecule has 5 heteroatoms. The Kier molecular flexibility index (Phi) is 7.12. The lowest BCUT2D eigenvalue weighted by atomic mass is 10.2. The van der Waals surface area contributed by atoms with Crippen LogP contribution in [0.2, 0.25) is 0 Å². The molecule has 1 aliphatic rings. The molecule has 1 fully saturated rings. The molecule has 0 aromatic heterocycles. The molecular weight excluding hydrogens is 304 g/mol. The highest BCUT2D eigenvalue weighted by Crippen LogP contribution is 2.28. The molecule has 1 amide bonds. The Labute approximate surface area is 144 Å². The van der Waals surface area contributed by atoms with Crippen molar-refractivity contribution in [1.29, 1.82) is 0 Å². The molecule has 0 unspecified atom stereocenters. The quantitative estimate of drug-likeness (QED) is 0.569. The van der Waals surface area contributed by atoms with E-state index >= 15 is 0 Å². The first-order valence-electron chi connectivity index (χ1n) is 8.60. The average Bonchev–Trinajstić information content (AvgIpc) is 2.61. The molecule has 0 spiro atoms. The summed E-state index contributed by atoms with van der Waals surface area (Å²) in [5, 5.41) is 0. The summed E-state index contributed by atoms with van der Waals surface area (Å²) in [5.74, 6) is 1.50. The molecule has 1 aromatic rings. The predicted octanol–water partition coefficient (Wildman–Crippen LogP) is 2.66. The van der Waals surface area contributed by atoms with Crippen LogP contribution in [-0.4, -0.2) is 62.7 Å². The molecule has 24 heavy (non-hydrogen) atoms. The minimum atomic E-state index is 0.0605. The van der Waals surface area contributed by atoms with Crippen molar-refractivity contribution in [3.8, 4) is 11.5 Å². The number of benzene rings is 1. The zero-order valence-corrected chi connectivity index (χ0v) is 15.0. The van der Waals surface area contributed by atoms with E-state index < -0.39 is 0 Å². The van der Waals surface area contributed by atoms with Gasteiger partial charge in [-0.1, -0.05) is 19.4 Å². The Morgan fingerprint density at radius 3 is 2.62 bits per heavy atom. The number of carbonyl (C=O) groups excluding carboxylic acids is 1. The summed E-state index contributed by atoms with van der Waals surface area (Å²) >= 11 is 0. The Hall–Kier alpha value is -2.01. The molecule has 5 nitrogen and oxygen atoms in total. The number of carbonyl (C=O) groups is 1. The molecular formula is C19H28N2O3. The van der Waals surface area contributed by atoms with E-state index in [9.17, 15) is 4.79 Å². The van der Waals surface area contributed by atoms with Crippen LogP contribution in [0.1, 0.15) is 25.3 Å². The van der Waals surface area contributed by atoms with Gasteiger partial charge in [-0.25, -0.2) is 0 Å². The fourth-order valence-electron chi connectivity index (χ4n) is 2.53. The van der Waals surface area contributed by atoms with Gasteiger partial charge in [-0.2, -0.15) is 0 Å². The third kappa shape index (κ3) is 5.27. The number of ether oxygens (including phenoxy) is 2. The van der Waals surface area contributed by atoms with Crippen molar-refractivity contribution in [1.82, 2.24) is 9.80 Å². The SMILES string of the molecule is CCCCOc1ccc(C=CC(=O)N2CCN(C)CC2)cc1OC. The molecule has 0 atom stereocenters. The molecule has 1 heterocycles. The van der Waals surface area contributed by atoms with Crippen LogP contribution in [0.15, 0.2) is 24.3 Å².